The van der Waals surface area contributed by atoms with Gasteiger partial charge in [-0.25, -0.2) is 14.6 Å². The molecule has 0 amide bonds. The van der Waals surface area contributed by atoms with Gasteiger partial charge in [0.1, 0.15) is 5.82 Å². The van der Waals surface area contributed by atoms with Gasteiger partial charge in [-0.3, -0.25) is 0 Å². The predicted octanol–water partition coefficient (Wildman–Crippen LogP) is 0.112. The van der Waals surface area contributed by atoms with Crippen LogP contribution in [0.2, 0.25) is 0 Å². The molecule has 0 saturated carbocycles. The first-order chi connectivity index (χ1) is 6.59. The number of carboxylic acids is 1. The first-order valence-electron chi connectivity index (χ1n) is 3.85. The van der Waals surface area contributed by atoms with Gasteiger partial charge in [-0.05, 0) is 24.3 Å². The number of hydrazine groups is 1. The number of anilines is 1. The van der Waals surface area contributed by atoms with Gasteiger partial charge in [0.2, 0.25) is 0 Å². The fourth-order valence-electron chi connectivity index (χ4n) is 0.756. The highest BCUT2D eigenvalue weighted by Crippen LogP contribution is 2.06. The molecule has 1 aromatic rings. The third-order valence-corrected chi connectivity index (χ3v) is 1.48. The van der Waals surface area contributed by atoms with Gasteiger partial charge >= 0.3 is 5.97 Å². The van der Waals surface area contributed by atoms with Crippen molar-refractivity contribution in [1.82, 2.24) is 5.43 Å². The Morgan fingerprint density at radius 2 is 2.00 bits per heavy atom. The monoisotopic (exact) mass is 199 g/mol. The average molecular weight is 199 g/mol. The zero-order valence-corrected chi connectivity index (χ0v) is 7.20. The highest BCUT2D eigenvalue weighted by molar-refractivity contribution is 5.72. The molecule has 0 aromatic heterocycles. The SMILES string of the molecule is NC(NNc1ccc(F)cc1)C(=O)O. The van der Waals surface area contributed by atoms with Gasteiger partial charge in [0, 0.05) is 5.69 Å². The number of carbonyl (C=O) groups is 1. The lowest BCUT2D eigenvalue weighted by atomic mass is 10.3. The standard InChI is InChI=1S/C8H10FN3O2/c9-5-1-3-6(4-2-5)11-12-7(10)8(13)14/h1-4,7,11-12H,10H2,(H,13,14). The van der Waals surface area contributed by atoms with Gasteiger partial charge in [-0.1, -0.05) is 0 Å². The van der Waals surface area contributed by atoms with Crippen LogP contribution in [0.25, 0.3) is 0 Å². The Kier molecular flexibility index (Phi) is 3.38. The molecule has 1 unspecified atom stereocenters. The molecule has 1 atom stereocenters. The summed E-state index contributed by atoms with van der Waals surface area (Å²) in [6, 6.07) is 5.40. The van der Waals surface area contributed by atoms with Crippen molar-refractivity contribution in [2.24, 2.45) is 5.73 Å². The second-order valence-electron chi connectivity index (χ2n) is 2.59. The summed E-state index contributed by atoms with van der Waals surface area (Å²) in [5, 5.41) is 8.42. The van der Waals surface area contributed by atoms with Crippen molar-refractivity contribution in [1.29, 1.82) is 0 Å². The molecule has 1 aromatic carbocycles. The Hall–Kier alpha value is -1.66. The second kappa shape index (κ2) is 4.54. The van der Waals surface area contributed by atoms with Gasteiger partial charge in [0.25, 0.3) is 0 Å². The molecule has 0 heterocycles. The summed E-state index contributed by atoms with van der Waals surface area (Å²) in [6.45, 7) is 0. The molecule has 76 valence electrons. The Morgan fingerprint density at radius 3 is 2.50 bits per heavy atom. The molecule has 0 saturated heterocycles. The van der Waals surface area contributed by atoms with Gasteiger partial charge in [0.15, 0.2) is 6.17 Å². The van der Waals surface area contributed by atoms with Crippen molar-refractivity contribution in [3.05, 3.63) is 30.1 Å². The van der Waals surface area contributed by atoms with Crippen molar-refractivity contribution >= 4 is 11.7 Å². The lowest BCUT2D eigenvalue weighted by Crippen LogP contribution is -2.47. The summed E-state index contributed by atoms with van der Waals surface area (Å²) in [4.78, 5) is 10.3. The maximum atomic E-state index is 12.4. The highest BCUT2D eigenvalue weighted by Gasteiger charge is 2.08. The smallest absolute Gasteiger partial charge is 0.337 e. The van der Waals surface area contributed by atoms with Crippen molar-refractivity contribution in [3.8, 4) is 0 Å². The molecule has 6 heteroatoms. The normalized spacial score (nSPS) is 12.1. The van der Waals surface area contributed by atoms with E-state index in [1.54, 1.807) is 0 Å². The van der Waals surface area contributed by atoms with E-state index in [0.717, 1.165) is 0 Å². The van der Waals surface area contributed by atoms with E-state index in [9.17, 15) is 9.18 Å². The van der Waals surface area contributed by atoms with E-state index in [1.807, 2.05) is 0 Å². The minimum atomic E-state index is -1.21. The van der Waals surface area contributed by atoms with Crippen LogP contribution in [0.15, 0.2) is 24.3 Å². The zero-order valence-electron chi connectivity index (χ0n) is 7.20. The van der Waals surface area contributed by atoms with Crippen LogP contribution >= 0.6 is 0 Å². The van der Waals surface area contributed by atoms with Crippen LogP contribution in [0.3, 0.4) is 0 Å². The highest BCUT2D eigenvalue weighted by atomic mass is 19.1. The number of rotatable bonds is 4. The molecule has 0 spiro atoms. The summed E-state index contributed by atoms with van der Waals surface area (Å²) in [7, 11) is 0. The molecule has 0 aliphatic heterocycles. The van der Waals surface area contributed by atoms with E-state index in [-0.39, 0.29) is 5.82 Å². The van der Waals surface area contributed by atoms with Crippen LogP contribution in [0.4, 0.5) is 10.1 Å². The number of aliphatic carboxylic acids is 1. The molecule has 14 heavy (non-hydrogen) atoms. The summed E-state index contributed by atoms with van der Waals surface area (Å²) in [6.07, 6.45) is -1.21. The Morgan fingerprint density at radius 1 is 1.43 bits per heavy atom. The third kappa shape index (κ3) is 3.00. The molecule has 5 N–H and O–H groups in total. The predicted molar refractivity (Wildman–Crippen MR) is 48.8 cm³/mol. The first-order valence-corrected chi connectivity index (χ1v) is 3.85. The maximum absolute atomic E-state index is 12.4. The van der Waals surface area contributed by atoms with Gasteiger partial charge in [-0.15, -0.1) is 0 Å². The van der Waals surface area contributed by atoms with E-state index < -0.39 is 12.1 Å². The largest absolute Gasteiger partial charge is 0.479 e. The van der Waals surface area contributed by atoms with Crippen molar-refractivity contribution in [2.45, 2.75) is 6.17 Å². The summed E-state index contributed by atoms with van der Waals surface area (Å²) >= 11 is 0. The van der Waals surface area contributed by atoms with E-state index in [2.05, 4.69) is 10.9 Å². The van der Waals surface area contributed by atoms with Crippen LogP contribution in [0.5, 0.6) is 0 Å². The minimum Gasteiger partial charge on any atom is -0.479 e. The third-order valence-electron chi connectivity index (χ3n) is 1.48. The quantitative estimate of drug-likeness (QED) is 0.408. The van der Waals surface area contributed by atoms with E-state index in [1.165, 1.54) is 24.3 Å². The lowest BCUT2D eigenvalue weighted by molar-refractivity contribution is -0.139. The number of carboxylic acid groups (broad SMARTS) is 1. The summed E-state index contributed by atoms with van der Waals surface area (Å²) in [5.74, 6) is -1.54. The van der Waals surface area contributed by atoms with Crippen LogP contribution in [-0.2, 0) is 4.79 Å². The number of nitrogens with one attached hydrogen (secondary N) is 2. The maximum Gasteiger partial charge on any atom is 0.337 e. The number of hydrogen-bond acceptors (Lipinski definition) is 4. The van der Waals surface area contributed by atoms with Gasteiger partial charge in [-0.2, -0.15) is 0 Å². The summed E-state index contributed by atoms with van der Waals surface area (Å²) < 4.78 is 12.4. The van der Waals surface area contributed by atoms with Crippen LogP contribution in [0.1, 0.15) is 0 Å². The Bertz CT molecular complexity index is 315. The van der Waals surface area contributed by atoms with Crippen LogP contribution in [0, 0.1) is 5.82 Å². The number of halogens is 1. The molecule has 1 rings (SSSR count). The van der Waals surface area contributed by atoms with E-state index in [0.29, 0.717) is 5.69 Å². The molecular weight excluding hydrogens is 189 g/mol. The Labute approximate surface area is 79.7 Å². The zero-order chi connectivity index (χ0) is 10.6. The first kappa shape index (κ1) is 10.4. The van der Waals surface area contributed by atoms with Crippen molar-refractivity contribution in [2.75, 3.05) is 5.43 Å². The lowest BCUT2D eigenvalue weighted by Gasteiger charge is -2.11. The molecule has 0 aliphatic rings. The molecule has 0 fully saturated rings. The van der Waals surface area contributed by atoms with Gasteiger partial charge < -0.3 is 16.3 Å². The van der Waals surface area contributed by atoms with Crippen LogP contribution < -0.4 is 16.6 Å². The number of nitrogens with two attached hydrogens (primary N) is 1. The molecular formula is C8H10FN3O2. The average Bonchev–Trinajstić information content (AvgIpc) is 2.16. The van der Waals surface area contributed by atoms with Crippen molar-refractivity contribution < 1.29 is 14.3 Å². The topological polar surface area (TPSA) is 87.4 Å². The second-order valence-corrected chi connectivity index (χ2v) is 2.59. The Balaban J connectivity index is 2.46. The molecule has 0 radical (unpaired) electrons. The molecule has 0 aliphatic carbocycles. The van der Waals surface area contributed by atoms with Gasteiger partial charge in [0.05, 0.1) is 0 Å². The van der Waals surface area contributed by atoms with Crippen LogP contribution in [-0.4, -0.2) is 17.2 Å². The number of hydrogen-bond donors (Lipinski definition) is 4. The summed E-state index contributed by atoms with van der Waals surface area (Å²) in [5.41, 5.74) is 10.5. The molecule has 5 nitrogen and oxygen atoms in total. The van der Waals surface area contributed by atoms with E-state index in [4.69, 9.17) is 10.8 Å². The minimum absolute atomic E-state index is 0.363. The molecule has 0 bridgehead atoms. The fourth-order valence-corrected chi connectivity index (χ4v) is 0.756. The fraction of sp³-hybridized carbons (Fsp3) is 0.125. The van der Waals surface area contributed by atoms with E-state index >= 15 is 0 Å². The number of benzene rings is 1. The van der Waals surface area contributed by atoms with Crippen molar-refractivity contribution in [3.63, 3.8) is 0 Å².